The summed E-state index contributed by atoms with van der Waals surface area (Å²) in [5.41, 5.74) is -0.206. The maximum absolute atomic E-state index is 13.6. The van der Waals surface area contributed by atoms with Crippen LogP contribution in [0.3, 0.4) is 0 Å². The average Bonchev–Trinajstić information content (AvgIpc) is 3.11. The largest absolute Gasteiger partial charge is 0.464 e. The molecule has 0 aliphatic carbocycles. The van der Waals surface area contributed by atoms with Gasteiger partial charge in [0.25, 0.3) is 0 Å². The fourth-order valence-corrected chi connectivity index (χ4v) is 2.77. The van der Waals surface area contributed by atoms with Gasteiger partial charge in [-0.2, -0.15) is 18.3 Å². The van der Waals surface area contributed by atoms with Crippen LogP contribution >= 0.6 is 0 Å². The van der Waals surface area contributed by atoms with Gasteiger partial charge in [0.05, 0.1) is 25.0 Å². The van der Waals surface area contributed by atoms with Gasteiger partial charge in [0.2, 0.25) is 0 Å². The lowest BCUT2D eigenvalue weighted by Gasteiger charge is -2.10. The Labute approximate surface area is 162 Å². The Hall–Kier alpha value is -3.27. The number of nitrogens with zero attached hydrogens (tertiary/aromatic N) is 3. The summed E-state index contributed by atoms with van der Waals surface area (Å²) >= 11 is 0. The second kappa shape index (κ2) is 8.00. The molecule has 152 valence electrons. The normalized spacial score (nSPS) is 11.5. The Morgan fingerprint density at radius 1 is 1.17 bits per heavy atom. The van der Waals surface area contributed by atoms with Gasteiger partial charge < -0.3 is 9.84 Å². The van der Waals surface area contributed by atoms with Crippen molar-refractivity contribution in [1.82, 2.24) is 14.8 Å². The third-order valence-corrected chi connectivity index (χ3v) is 4.04. The highest BCUT2D eigenvalue weighted by molar-refractivity contribution is 5.88. The van der Waals surface area contributed by atoms with Crippen molar-refractivity contribution in [3.05, 3.63) is 76.5 Å². The molecule has 3 rings (SSSR count). The summed E-state index contributed by atoms with van der Waals surface area (Å²) < 4.78 is 58.2. The van der Waals surface area contributed by atoms with E-state index in [1.54, 1.807) is 6.07 Å². The first-order valence-corrected chi connectivity index (χ1v) is 8.31. The summed E-state index contributed by atoms with van der Waals surface area (Å²) in [6.45, 7) is -0.416. The molecule has 1 N–H and O–H groups in total. The quantitative estimate of drug-likeness (QED) is 0.517. The van der Waals surface area contributed by atoms with Crippen LogP contribution in [-0.2, 0) is 23.9 Å². The average molecular weight is 409 g/mol. The van der Waals surface area contributed by atoms with E-state index in [2.05, 4.69) is 14.8 Å². The van der Waals surface area contributed by atoms with Crippen molar-refractivity contribution in [2.45, 2.75) is 19.2 Å². The second-order valence-electron chi connectivity index (χ2n) is 6.13. The Morgan fingerprint density at radius 3 is 2.59 bits per heavy atom. The van der Waals surface area contributed by atoms with Gasteiger partial charge in [0, 0.05) is 6.20 Å². The molecule has 6 nitrogen and oxygen atoms in total. The Morgan fingerprint density at radius 2 is 1.93 bits per heavy atom. The molecule has 2 heterocycles. The molecule has 0 aliphatic heterocycles. The van der Waals surface area contributed by atoms with Crippen LogP contribution in [0.4, 0.5) is 17.6 Å². The molecule has 0 spiro atoms. The van der Waals surface area contributed by atoms with E-state index >= 15 is 0 Å². The smallest absolute Gasteiger partial charge is 0.416 e. The van der Waals surface area contributed by atoms with Crippen LogP contribution in [0.1, 0.15) is 32.9 Å². The molecule has 0 saturated carbocycles. The molecule has 0 saturated heterocycles. The van der Waals surface area contributed by atoms with Gasteiger partial charge in [0.1, 0.15) is 5.82 Å². The van der Waals surface area contributed by atoms with Crippen molar-refractivity contribution in [1.29, 1.82) is 0 Å². The monoisotopic (exact) mass is 409 g/mol. The van der Waals surface area contributed by atoms with Crippen LogP contribution in [0, 0.1) is 5.82 Å². The number of benzene rings is 1. The molecular formula is C19H15F4N3O3. The van der Waals surface area contributed by atoms with Gasteiger partial charge in [-0.3, -0.25) is 0 Å². The predicted molar refractivity (Wildman–Crippen MR) is 92.8 cm³/mol. The van der Waals surface area contributed by atoms with E-state index in [1.807, 2.05) is 0 Å². The van der Waals surface area contributed by atoms with Crippen molar-refractivity contribution in [2.75, 3.05) is 7.11 Å². The van der Waals surface area contributed by atoms with Crippen molar-refractivity contribution < 1.29 is 32.2 Å². The number of hydrogen-bond acceptors (Lipinski definition) is 5. The number of hydrogen-bond donors (Lipinski definition) is 1. The minimum absolute atomic E-state index is 0.00194. The van der Waals surface area contributed by atoms with Crippen LogP contribution in [-0.4, -0.2) is 33.0 Å². The summed E-state index contributed by atoms with van der Waals surface area (Å²) in [7, 11) is 1.18. The minimum atomic E-state index is -4.66. The molecule has 29 heavy (non-hydrogen) atoms. The van der Waals surface area contributed by atoms with Gasteiger partial charge in [-0.1, -0.05) is 0 Å². The Bertz CT molecular complexity index is 1050. The van der Waals surface area contributed by atoms with Gasteiger partial charge in [-0.05, 0) is 53.9 Å². The molecule has 0 amide bonds. The van der Waals surface area contributed by atoms with Gasteiger partial charge in [-0.25, -0.2) is 18.9 Å². The number of pyridine rings is 1. The van der Waals surface area contributed by atoms with E-state index in [0.29, 0.717) is 11.6 Å². The summed E-state index contributed by atoms with van der Waals surface area (Å²) in [4.78, 5) is 16.0. The number of aromatic nitrogens is 3. The van der Waals surface area contributed by atoms with E-state index in [1.165, 1.54) is 25.4 Å². The fourth-order valence-electron chi connectivity index (χ4n) is 2.77. The van der Waals surface area contributed by atoms with E-state index < -0.39 is 30.1 Å². The van der Waals surface area contributed by atoms with Crippen molar-refractivity contribution in [2.24, 2.45) is 0 Å². The highest BCUT2D eigenvalue weighted by atomic mass is 19.4. The zero-order chi connectivity index (χ0) is 21.2. The summed E-state index contributed by atoms with van der Waals surface area (Å²) in [5.74, 6) is -1.50. The first-order chi connectivity index (χ1) is 13.7. The first kappa shape index (κ1) is 20.5. The highest BCUT2D eigenvalue weighted by Gasteiger charge is 2.31. The molecule has 0 fully saturated rings. The van der Waals surface area contributed by atoms with Crippen molar-refractivity contribution in [3.63, 3.8) is 0 Å². The molecule has 0 bridgehead atoms. The number of carbonyl (C=O) groups excluding carboxylic acids is 1. The summed E-state index contributed by atoms with van der Waals surface area (Å²) in [5, 5.41) is 13.3. The van der Waals surface area contributed by atoms with Crippen LogP contribution < -0.4 is 0 Å². The standard InChI is InChI=1S/C19H15F4N3O3/c1-29-18(28)16-9-15(10-27)25-26(16)17-7-11(2-3-24-17)4-12-5-13(19(21,22)23)8-14(20)6-12/h2-3,5-9,27H,4,10H2,1H3. The van der Waals surface area contributed by atoms with Crippen LogP contribution in [0.2, 0.25) is 0 Å². The molecule has 0 atom stereocenters. The lowest BCUT2D eigenvalue weighted by atomic mass is 10.0. The molecule has 0 radical (unpaired) electrons. The molecule has 2 aromatic heterocycles. The molecule has 0 aliphatic rings. The van der Waals surface area contributed by atoms with Gasteiger partial charge in [0.15, 0.2) is 11.5 Å². The van der Waals surface area contributed by atoms with Crippen LogP contribution in [0.15, 0.2) is 42.6 Å². The number of methoxy groups -OCH3 is 1. The third-order valence-electron chi connectivity index (χ3n) is 4.04. The maximum Gasteiger partial charge on any atom is 0.416 e. The molecule has 10 heteroatoms. The number of aliphatic hydroxyl groups is 1. The SMILES string of the molecule is COC(=O)c1cc(CO)nn1-c1cc(Cc2cc(F)cc(C(F)(F)F)c2)ccn1. The summed E-state index contributed by atoms with van der Waals surface area (Å²) in [6, 6.07) is 6.72. The molecular weight excluding hydrogens is 394 g/mol. The van der Waals surface area contributed by atoms with Gasteiger partial charge in [-0.15, -0.1) is 0 Å². The zero-order valence-electron chi connectivity index (χ0n) is 15.1. The Balaban J connectivity index is 1.97. The van der Waals surface area contributed by atoms with E-state index in [-0.39, 0.29) is 29.2 Å². The third kappa shape index (κ3) is 4.60. The maximum atomic E-state index is 13.6. The van der Waals surface area contributed by atoms with Crippen molar-refractivity contribution in [3.8, 4) is 5.82 Å². The number of alkyl halides is 3. The highest BCUT2D eigenvalue weighted by Crippen LogP contribution is 2.31. The minimum Gasteiger partial charge on any atom is -0.464 e. The number of aliphatic hydroxyl groups excluding tert-OH is 1. The van der Waals surface area contributed by atoms with Gasteiger partial charge >= 0.3 is 12.1 Å². The van der Waals surface area contributed by atoms with E-state index in [9.17, 15) is 27.5 Å². The number of rotatable bonds is 5. The van der Waals surface area contributed by atoms with E-state index in [4.69, 9.17) is 0 Å². The molecule has 0 unspecified atom stereocenters. The topological polar surface area (TPSA) is 77.2 Å². The lowest BCUT2D eigenvalue weighted by molar-refractivity contribution is -0.137. The fraction of sp³-hybridized carbons (Fsp3) is 0.211. The van der Waals surface area contributed by atoms with E-state index in [0.717, 1.165) is 16.8 Å². The number of ether oxygens (including phenoxy) is 1. The molecule has 3 aromatic rings. The van der Waals surface area contributed by atoms with Crippen LogP contribution in [0.25, 0.3) is 5.82 Å². The second-order valence-corrected chi connectivity index (χ2v) is 6.13. The number of carbonyl (C=O) groups is 1. The molecule has 1 aromatic carbocycles. The predicted octanol–water partition coefficient (Wildman–Crippen LogP) is 3.29. The number of halogens is 4. The lowest BCUT2D eigenvalue weighted by Crippen LogP contribution is -2.11. The zero-order valence-corrected chi connectivity index (χ0v) is 15.1. The van der Waals surface area contributed by atoms with Crippen LogP contribution in [0.5, 0.6) is 0 Å². The first-order valence-electron chi connectivity index (χ1n) is 8.31. The van der Waals surface area contributed by atoms with Crippen molar-refractivity contribution >= 4 is 5.97 Å². The summed E-state index contributed by atoms with van der Waals surface area (Å²) in [6.07, 6.45) is -3.28. The number of esters is 1. The Kier molecular flexibility index (Phi) is 5.64.